The number of likely N-dealkylation sites (N-methyl/N-ethyl adjacent to an activating group) is 1. The topological polar surface area (TPSA) is 86.8 Å². The van der Waals surface area contributed by atoms with Crippen LogP contribution in [-0.4, -0.2) is 56.1 Å². The Hall–Kier alpha value is -2.71. The first-order valence-corrected chi connectivity index (χ1v) is 11.4. The molecule has 0 spiro atoms. The van der Waals surface area contributed by atoms with Gasteiger partial charge in [0, 0.05) is 25.8 Å². The summed E-state index contributed by atoms with van der Waals surface area (Å²) in [6, 6.07) is 13.5. The van der Waals surface area contributed by atoms with E-state index in [1.54, 1.807) is 36.4 Å². The number of aryl methyl sites for hydroxylation is 1. The van der Waals surface area contributed by atoms with Gasteiger partial charge in [0.25, 0.3) is 0 Å². The molecule has 0 saturated carbocycles. The molecular formula is C22H27N3O4S. The molecule has 2 amide bonds. The lowest BCUT2D eigenvalue weighted by Crippen LogP contribution is -2.35. The number of carbonyl (C=O) groups excluding carboxylic acids is 2. The molecule has 8 heteroatoms. The van der Waals surface area contributed by atoms with E-state index in [1.165, 1.54) is 19.2 Å². The van der Waals surface area contributed by atoms with E-state index < -0.39 is 15.9 Å². The number of nitrogens with zero attached hydrogens (tertiary/aromatic N) is 2. The molecule has 1 heterocycles. The quantitative estimate of drug-likeness (QED) is 0.732. The van der Waals surface area contributed by atoms with Crippen LogP contribution in [0.25, 0.3) is 0 Å². The molecule has 1 aliphatic rings. The summed E-state index contributed by atoms with van der Waals surface area (Å²) >= 11 is 0. The van der Waals surface area contributed by atoms with Gasteiger partial charge in [0.05, 0.1) is 17.9 Å². The van der Waals surface area contributed by atoms with Gasteiger partial charge in [0.15, 0.2) is 0 Å². The van der Waals surface area contributed by atoms with Crippen LogP contribution in [0.5, 0.6) is 0 Å². The Labute approximate surface area is 177 Å². The Morgan fingerprint density at radius 1 is 1.00 bits per heavy atom. The maximum absolute atomic E-state index is 12.6. The zero-order chi connectivity index (χ0) is 21.7. The smallest absolute Gasteiger partial charge is 0.243 e. The second-order valence-corrected chi connectivity index (χ2v) is 9.63. The van der Waals surface area contributed by atoms with Crippen LogP contribution in [0.3, 0.4) is 0 Å². The number of nitrogens with one attached hydrogen (secondary N) is 1. The van der Waals surface area contributed by atoms with Crippen molar-refractivity contribution in [1.29, 1.82) is 0 Å². The normalized spacial score (nSPS) is 14.2. The highest BCUT2D eigenvalue weighted by Gasteiger charge is 2.23. The number of carbonyl (C=O) groups is 2. The fourth-order valence-electron chi connectivity index (χ4n) is 3.34. The number of amides is 2. The maximum atomic E-state index is 12.6. The average Bonchev–Trinajstić information content (AvgIpc) is 3.25. The van der Waals surface area contributed by atoms with Gasteiger partial charge in [-0.05, 0) is 49.6 Å². The number of hydrogen-bond donors (Lipinski definition) is 1. The van der Waals surface area contributed by atoms with Gasteiger partial charge in [-0.2, -0.15) is 4.31 Å². The van der Waals surface area contributed by atoms with Gasteiger partial charge < -0.3 is 10.2 Å². The summed E-state index contributed by atoms with van der Waals surface area (Å²) in [5.41, 5.74) is 2.39. The summed E-state index contributed by atoms with van der Waals surface area (Å²) in [7, 11) is -2.36. The molecule has 1 fully saturated rings. The van der Waals surface area contributed by atoms with Gasteiger partial charge in [-0.1, -0.05) is 29.8 Å². The monoisotopic (exact) mass is 429 g/mol. The van der Waals surface area contributed by atoms with Crippen molar-refractivity contribution in [1.82, 2.24) is 9.21 Å². The molecule has 7 nitrogen and oxygen atoms in total. The molecule has 160 valence electrons. The molecule has 0 aliphatic carbocycles. The molecule has 0 radical (unpaired) electrons. The van der Waals surface area contributed by atoms with Crippen molar-refractivity contribution in [3.8, 4) is 0 Å². The summed E-state index contributed by atoms with van der Waals surface area (Å²) in [5.74, 6) is -0.318. The summed E-state index contributed by atoms with van der Waals surface area (Å²) in [6.07, 6.45) is 2.46. The number of anilines is 1. The van der Waals surface area contributed by atoms with Gasteiger partial charge in [0.2, 0.25) is 21.8 Å². The fourth-order valence-corrected chi connectivity index (χ4v) is 4.46. The Morgan fingerprint density at radius 3 is 2.20 bits per heavy atom. The van der Waals surface area contributed by atoms with Gasteiger partial charge in [-0.3, -0.25) is 9.59 Å². The first-order chi connectivity index (χ1) is 14.3. The lowest BCUT2D eigenvalue weighted by atomic mass is 10.1. The van der Waals surface area contributed by atoms with Crippen LogP contribution in [0.4, 0.5) is 5.69 Å². The average molecular weight is 430 g/mol. The summed E-state index contributed by atoms with van der Waals surface area (Å²) in [5, 5.41) is 2.70. The molecule has 3 rings (SSSR count). The van der Waals surface area contributed by atoms with Crippen LogP contribution in [0, 0.1) is 6.92 Å². The van der Waals surface area contributed by atoms with E-state index in [2.05, 4.69) is 5.32 Å². The number of likely N-dealkylation sites (tertiary alicyclic amines) is 1. The zero-order valence-electron chi connectivity index (χ0n) is 17.3. The van der Waals surface area contributed by atoms with Crippen molar-refractivity contribution in [2.24, 2.45) is 0 Å². The SMILES string of the molecule is Cc1ccc(S(=O)(=O)N(C)CC(=O)Nc2ccc(CC(=O)N3CCCC3)cc2)cc1. The van der Waals surface area contributed by atoms with Gasteiger partial charge >= 0.3 is 0 Å². The Morgan fingerprint density at radius 2 is 1.60 bits per heavy atom. The summed E-state index contributed by atoms with van der Waals surface area (Å²) < 4.78 is 26.2. The highest BCUT2D eigenvalue weighted by atomic mass is 32.2. The van der Waals surface area contributed by atoms with Crippen LogP contribution in [-0.2, 0) is 26.0 Å². The number of benzene rings is 2. The third-order valence-corrected chi connectivity index (χ3v) is 6.96. The minimum atomic E-state index is -3.74. The summed E-state index contributed by atoms with van der Waals surface area (Å²) in [4.78, 5) is 26.6. The van der Waals surface area contributed by atoms with Crippen LogP contribution in [0.2, 0.25) is 0 Å². The molecule has 2 aromatic rings. The van der Waals surface area contributed by atoms with Crippen LogP contribution in [0.15, 0.2) is 53.4 Å². The fraction of sp³-hybridized carbons (Fsp3) is 0.364. The molecule has 1 N–H and O–H groups in total. The first-order valence-electron chi connectivity index (χ1n) is 9.95. The highest BCUT2D eigenvalue weighted by molar-refractivity contribution is 7.89. The minimum absolute atomic E-state index is 0.118. The third-order valence-electron chi connectivity index (χ3n) is 5.15. The second-order valence-electron chi connectivity index (χ2n) is 7.58. The molecular weight excluding hydrogens is 402 g/mol. The molecule has 0 unspecified atom stereocenters. The van der Waals surface area contributed by atoms with E-state index in [0.717, 1.165) is 41.4 Å². The Balaban J connectivity index is 1.55. The standard InChI is InChI=1S/C22H27N3O4S/c1-17-5-11-20(12-6-17)30(28,29)24(2)16-21(26)23-19-9-7-18(8-10-19)15-22(27)25-13-3-4-14-25/h5-12H,3-4,13-16H2,1-2H3,(H,23,26). The predicted molar refractivity (Wildman–Crippen MR) is 116 cm³/mol. The molecule has 0 atom stereocenters. The highest BCUT2D eigenvalue weighted by Crippen LogP contribution is 2.16. The first kappa shape index (κ1) is 22.0. The summed E-state index contributed by atoms with van der Waals surface area (Å²) in [6.45, 7) is 3.23. The van der Waals surface area contributed by atoms with Crippen molar-refractivity contribution < 1.29 is 18.0 Å². The van der Waals surface area contributed by atoms with E-state index in [1.807, 2.05) is 11.8 Å². The van der Waals surface area contributed by atoms with Crippen LogP contribution >= 0.6 is 0 Å². The zero-order valence-corrected chi connectivity index (χ0v) is 18.1. The van der Waals surface area contributed by atoms with E-state index in [0.29, 0.717) is 12.1 Å². The van der Waals surface area contributed by atoms with E-state index in [4.69, 9.17) is 0 Å². The Kier molecular flexibility index (Phi) is 6.89. The van der Waals surface area contributed by atoms with E-state index >= 15 is 0 Å². The number of hydrogen-bond acceptors (Lipinski definition) is 4. The minimum Gasteiger partial charge on any atom is -0.342 e. The van der Waals surface area contributed by atoms with Crippen molar-refractivity contribution >= 4 is 27.5 Å². The lowest BCUT2D eigenvalue weighted by molar-refractivity contribution is -0.129. The third kappa shape index (κ3) is 5.46. The molecule has 1 saturated heterocycles. The predicted octanol–water partition coefficient (Wildman–Crippen LogP) is 2.42. The number of rotatable bonds is 7. The van der Waals surface area contributed by atoms with E-state index in [9.17, 15) is 18.0 Å². The van der Waals surface area contributed by atoms with Crippen molar-refractivity contribution in [2.75, 3.05) is 32.0 Å². The van der Waals surface area contributed by atoms with Gasteiger partial charge in [0.1, 0.15) is 0 Å². The molecule has 30 heavy (non-hydrogen) atoms. The van der Waals surface area contributed by atoms with Crippen molar-refractivity contribution in [2.45, 2.75) is 31.1 Å². The number of sulfonamides is 1. The van der Waals surface area contributed by atoms with Gasteiger partial charge in [-0.25, -0.2) is 8.42 Å². The molecule has 2 aromatic carbocycles. The molecule has 0 bridgehead atoms. The van der Waals surface area contributed by atoms with Crippen LogP contribution < -0.4 is 5.32 Å². The maximum Gasteiger partial charge on any atom is 0.243 e. The largest absolute Gasteiger partial charge is 0.342 e. The Bertz CT molecular complexity index is 996. The van der Waals surface area contributed by atoms with Crippen molar-refractivity contribution in [3.63, 3.8) is 0 Å². The molecule has 1 aliphatic heterocycles. The van der Waals surface area contributed by atoms with Crippen LogP contribution in [0.1, 0.15) is 24.0 Å². The lowest BCUT2D eigenvalue weighted by Gasteiger charge is -2.17. The molecule has 0 aromatic heterocycles. The van der Waals surface area contributed by atoms with Crippen molar-refractivity contribution in [3.05, 3.63) is 59.7 Å². The van der Waals surface area contributed by atoms with E-state index in [-0.39, 0.29) is 17.3 Å². The van der Waals surface area contributed by atoms with Gasteiger partial charge in [-0.15, -0.1) is 0 Å². The second kappa shape index (κ2) is 9.40.